The Morgan fingerprint density at radius 1 is 0.643 bits per heavy atom. The summed E-state index contributed by atoms with van der Waals surface area (Å²) in [5.41, 5.74) is 0.930. The Bertz CT molecular complexity index is 516. The van der Waals surface area contributed by atoms with Gasteiger partial charge in [-0.3, -0.25) is 0 Å². The molecular formula is C26H50Si2. The minimum absolute atomic E-state index is 0.930. The lowest BCUT2D eigenvalue weighted by Crippen LogP contribution is -2.48. The van der Waals surface area contributed by atoms with Crippen molar-refractivity contribution in [2.24, 2.45) is 0 Å². The Morgan fingerprint density at radius 2 is 1.14 bits per heavy atom. The van der Waals surface area contributed by atoms with E-state index in [1.807, 2.05) is 0 Å². The molecule has 0 spiro atoms. The molecule has 0 amide bonds. The molecule has 0 bridgehead atoms. The Balaban J connectivity index is 2.64. The standard InChI is InChI=1S/C26H50Si2/c1-8-11-13-14-15-16-17-18-24(10-3)28(6,7)26-21-19-25(20-22-26)27(4,5)23-12-9-2/h19-22,24H,8-18,23H2,1-7H3. The predicted octanol–water partition coefficient (Wildman–Crippen LogP) is 8.24. The van der Waals surface area contributed by atoms with Gasteiger partial charge in [0, 0.05) is 0 Å². The summed E-state index contributed by atoms with van der Waals surface area (Å²) in [6, 6.07) is 11.5. The minimum Gasteiger partial charge on any atom is -0.0654 e. The molecule has 1 unspecified atom stereocenters. The maximum absolute atomic E-state index is 2.62. The molecule has 162 valence electrons. The van der Waals surface area contributed by atoms with Crippen LogP contribution in [-0.2, 0) is 0 Å². The maximum atomic E-state index is 2.62. The van der Waals surface area contributed by atoms with Gasteiger partial charge in [0.25, 0.3) is 0 Å². The number of unbranched alkanes of at least 4 members (excludes halogenated alkanes) is 7. The summed E-state index contributed by atoms with van der Waals surface area (Å²) < 4.78 is 0. The first-order valence-corrected chi connectivity index (χ1v) is 18.7. The van der Waals surface area contributed by atoms with Crippen LogP contribution in [0.15, 0.2) is 24.3 Å². The van der Waals surface area contributed by atoms with Crippen LogP contribution in [0.3, 0.4) is 0 Å². The third-order valence-corrected chi connectivity index (χ3v) is 15.3. The Kier molecular flexibility index (Phi) is 12.0. The van der Waals surface area contributed by atoms with Gasteiger partial charge in [-0.15, -0.1) is 0 Å². The van der Waals surface area contributed by atoms with Gasteiger partial charge < -0.3 is 0 Å². The van der Waals surface area contributed by atoms with Gasteiger partial charge in [-0.1, -0.05) is 158 Å². The molecule has 0 saturated heterocycles. The lowest BCUT2D eigenvalue weighted by atomic mass is 10.1. The summed E-state index contributed by atoms with van der Waals surface area (Å²) in [6.07, 6.45) is 15.5. The smallest absolute Gasteiger partial charge is 0.0654 e. The largest absolute Gasteiger partial charge is 0.0836 e. The van der Waals surface area contributed by atoms with Crippen LogP contribution >= 0.6 is 0 Å². The van der Waals surface area contributed by atoms with Crippen LogP contribution in [0.2, 0.25) is 37.8 Å². The van der Waals surface area contributed by atoms with E-state index in [1.165, 1.54) is 76.7 Å². The van der Waals surface area contributed by atoms with E-state index in [2.05, 4.69) is 71.2 Å². The average molecular weight is 419 g/mol. The first-order chi connectivity index (χ1) is 13.3. The van der Waals surface area contributed by atoms with Crippen LogP contribution in [0.25, 0.3) is 0 Å². The fourth-order valence-electron chi connectivity index (χ4n) is 4.77. The molecular weight excluding hydrogens is 368 g/mol. The summed E-state index contributed by atoms with van der Waals surface area (Å²) in [7, 11) is -2.62. The van der Waals surface area contributed by atoms with Gasteiger partial charge in [-0.25, -0.2) is 0 Å². The molecule has 0 aliphatic rings. The number of rotatable bonds is 15. The molecule has 0 heterocycles. The van der Waals surface area contributed by atoms with Crippen molar-refractivity contribution in [3.63, 3.8) is 0 Å². The summed E-state index contributed by atoms with van der Waals surface area (Å²) in [6.45, 7) is 17.4. The Labute approximate surface area is 179 Å². The van der Waals surface area contributed by atoms with Gasteiger partial charge in [0.15, 0.2) is 0 Å². The molecule has 0 saturated carbocycles. The van der Waals surface area contributed by atoms with E-state index >= 15 is 0 Å². The van der Waals surface area contributed by atoms with Gasteiger partial charge in [0.1, 0.15) is 0 Å². The number of hydrogen-bond acceptors (Lipinski definition) is 0. The van der Waals surface area contributed by atoms with Crippen molar-refractivity contribution in [2.75, 3.05) is 0 Å². The molecule has 0 nitrogen and oxygen atoms in total. The van der Waals surface area contributed by atoms with Gasteiger partial charge in [0.05, 0.1) is 16.1 Å². The zero-order valence-corrected chi connectivity index (χ0v) is 22.4. The van der Waals surface area contributed by atoms with Crippen LogP contribution in [-0.4, -0.2) is 16.1 Å². The molecule has 28 heavy (non-hydrogen) atoms. The molecule has 0 fully saturated rings. The van der Waals surface area contributed by atoms with Crippen molar-refractivity contribution in [3.05, 3.63) is 24.3 Å². The molecule has 0 aromatic heterocycles. The second-order valence-corrected chi connectivity index (χ2v) is 20.0. The lowest BCUT2D eigenvalue weighted by molar-refractivity contribution is 0.557. The minimum atomic E-state index is -1.38. The summed E-state index contributed by atoms with van der Waals surface area (Å²) in [5, 5.41) is 3.35. The highest BCUT2D eigenvalue weighted by molar-refractivity contribution is 6.92. The second-order valence-electron chi connectivity index (χ2n) is 10.3. The highest BCUT2D eigenvalue weighted by Crippen LogP contribution is 2.31. The van der Waals surface area contributed by atoms with Crippen molar-refractivity contribution in [3.8, 4) is 0 Å². The summed E-state index contributed by atoms with van der Waals surface area (Å²) in [5.74, 6) is 0. The lowest BCUT2D eigenvalue weighted by Gasteiger charge is -2.33. The molecule has 2 heteroatoms. The Hall–Kier alpha value is -0.346. The van der Waals surface area contributed by atoms with E-state index in [9.17, 15) is 0 Å². The third-order valence-electron chi connectivity index (χ3n) is 7.24. The zero-order chi connectivity index (χ0) is 21.0. The summed E-state index contributed by atoms with van der Waals surface area (Å²) >= 11 is 0. The van der Waals surface area contributed by atoms with E-state index in [1.54, 1.807) is 10.4 Å². The highest BCUT2D eigenvalue weighted by atomic mass is 28.3. The maximum Gasteiger partial charge on any atom is 0.0836 e. The van der Waals surface area contributed by atoms with Crippen LogP contribution in [0.4, 0.5) is 0 Å². The van der Waals surface area contributed by atoms with Crippen LogP contribution in [0.5, 0.6) is 0 Å². The Morgan fingerprint density at radius 3 is 1.68 bits per heavy atom. The fourth-order valence-corrected chi connectivity index (χ4v) is 10.8. The van der Waals surface area contributed by atoms with E-state index in [-0.39, 0.29) is 0 Å². The van der Waals surface area contributed by atoms with Crippen LogP contribution in [0, 0.1) is 0 Å². The first-order valence-electron chi connectivity index (χ1n) is 12.4. The summed E-state index contributed by atoms with van der Waals surface area (Å²) in [4.78, 5) is 0. The molecule has 0 aliphatic carbocycles. The monoisotopic (exact) mass is 418 g/mol. The van der Waals surface area contributed by atoms with Crippen LogP contribution in [0.1, 0.15) is 91.4 Å². The van der Waals surface area contributed by atoms with E-state index in [0.717, 1.165) is 5.54 Å². The number of hydrogen-bond donors (Lipinski definition) is 0. The van der Waals surface area contributed by atoms with Crippen molar-refractivity contribution in [1.29, 1.82) is 0 Å². The van der Waals surface area contributed by atoms with Crippen molar-refractivity contribution >= 4 is 26.5 Å². The topological polar surface area (TPSA) is 0 Å². The first kappa shape index (κ1) is 25.7. The van der Waals surface area contributed by atoms with Gasteiger partial charge >= 0.3 is 0 Å². The molecule has 1 rings (SSSR count). The van der Waals surface area contributed by atoms with E-state index in [0.29, 0.717) is 0 Å². The SMILES string of the molecule is CCCCCCCCCC(CC)[Si](C)(C)c1ccc([Si](C)(C)CCCC)cc1. The van der Waals surface area contributed by atoms with Crippen molar-refractivity contribution < 1.29 is 0 Å². The molecule has 0 N–H and O–H groups in total. The van der Waals surface area contributed by atoms with E-state index < -0.39 is 16.1 Å². The van der Waals surface area contributed by atoms with Gasteiger partial charge in [0.2, 0.25) is 0 Å². The van der Waals surface area contributed by atoms with Gasteiger partial charge in [-0.2, -0.15) is 0 Å². The molecule has 1 aromatic carbocycles. The van der Waals surface area contributed by atoms with Crippen molar-refractivity contribution in [2.45, 2.75) is 129 Å². The third kappa shape index (κ3) is 8.18. The normalized spacial score (nSPS) is 13.7. The number of benzene rings is 1. The second kappa shape index (κ2) is 13.1. The van der Waals surface area contributed by atoms with Crippen molar-refractivity contribution in [1.82, 2.24) is 0 Å². The highest BCUT2D eigenvalue weighted by Gasteiger charge is 2.32. The van der Waals surface area contributed by atoms with Gasteiger partial charge in [-0.05, 0) is 5.54 Å². The van der Waals surface area contributed by atoms with Crippen LogP contribution < -0.4 is 10.4 Å². The molecule has 1 atom stereocenters. The zero-order valence-electron chi connectivity index (χ0n) is 20.4. The quantitative estimate of drug-likeness (QED) is 0.199. The fraction of sp³-hybridized carbons (Fsp3) is 0.769. The predicted molar refractivity (Wildman–Crippen MR) is 137 cm³/mol. The molecule has 0 aliphatic heterocycles. The molecule has 0 radical (unpaired) electrons. The molecule has 1 aromatic rings. The van der Waals surface area contributed by atoms with E-state index in [4.69, 9.17) is 0 Å². The average Bonchev–Trinajstić information content (AvgIpc) is 2.68.